The molecule has 24 heavy (non-hydrogen) atoms. The molecule has 2 N–H and O–H groups in total. The van der Waals surface area contributed by atoms with E-state index in [1.54, 1.807) is 24.3 Å². The molecule has 0 aliphatic carbocycles. The second kappa shape index (κ2) is 5.65. The summed E-state index contributed by atoms with van der Waals surface area (Å²) in [6.45, 7) is 0. The summed E-state index contributed by atoms with van der Waals surface area (Å²) in [4.78, 5) is 26.9. The lowest BCUT2D eigenvalue weighted by molar-refractivity contribution is 0.102. The molecule has 0 saturated carbocycles. The molecule has 0 saturated heterocycles. The molecule has 0 spiro atoms. The van der Waals surface area contributed by atoms with Crippen LogP contribution in [-0.2, 0) is 0 Å². The standard InChI is InChI=1S/C18H11BrN2O3/c19-16-12-3-1-2-4-13(12)21-17(16)18(23)20-11-6-7-14-10(9-11)5-8-15(22)24-14/h1-9,21H,(H,20,23). The van der Waals surface area contributed by atoms with Crippen LogP contribution in [0.15, 0.2) is 68.3 Å². The summed E-state index contributed by atoms with van der Waals surface area (Å²) in [5.74, 6) is -0.255. The number of para-hydroxylation sites is 1. The first kappa shape index (κ1) is 14.7. The van der Waals surface area contributed by atoms with Gasteiger partial charge in [-0.3, -0.25) is 4.79 Å². The van der Waals surface area contributed by atoms with Gasteiger partial charge in [-0.05, 0) is 46.3 Å². The zero-order chi connectivity index (χ0) is 16.7. The minimum Gasteiger partial charge on any atom is -0.423 e. The summed E-state index contributed by atoms with van der Waals surface area (Å²) in [7, 11) is 0. The minimum absolute atomic E-state index is 0.255. The molecule has 0 fully saturated rings. The molecule has 0 aliphatic heterocycles. The first-order chi connectivity index (χ1) is 11.6. The van der Waals surface area contributed by atoms with Crippen LogP contribution in [0, 0.1) is 0 Å². The van der Waals surface area contributed by atoms with Gasteiger partial charge in [0.05, 0.1) is 4.47 Å². The van der Waals surface area contributed by atoms with Gasteiger partial charge >= 0.3 is 5.63 Å². The predicted molar refractivity (Wildman–Crippen MR) is 96.4 cm³/mol. The molecule has 118 valence electrons. The molecule has 0 unspecified atom stereocenters. The maximum atomic E-state index is 12.5. The molecular formula is C18H11BrN2O3. The molecule has 0 bridgehead atoms. The summed E-state index contributed by atoms with van der Waals surface area (Å²) in [5, 5.41) is 4.53. The van der Waals surface area contributed by atoms with Crippen molar-refractivity contribution < 1.29 is 9.21 Å². The normalized spacial score (nSPS) is 11.0. The molecule has 6 heteroatoms. The number of rotatable bonds is 2. The Hall–Kier alpha value is -2.86. The van der Waals surface area contributed by atoms with E-state index < -0.39 is 5.63 Å². The summed E-state index contributed by atoms with van der Waals surface area (Å²) < 4.78 is 5.81. The number of hydrogen-bond acceptors (Lipinski definition) is 3. The van der Waals surface area contributed by atoms with E-state index in [0.717, 1.165) is 20.8 Å². The van der Waals surface area contributed by atoms with Crippen LogP contribution >= 0.6 is 15.9 Å². The molecule has 0 radical (unpaired) electrons. The summed E-state index contributed by atoms with van der Waals surface area (Å²) in [6, 6.07) is 15.8. The Balaban J connectivity index is 1.69. The highest BCUT2D eigenvalue weighted by atomic mass is 79.9. The summed E-state index contributed by atoms with van der Waals surface area (Å²) in [5.41, 5.74) is 2.03. The van der Waals surface area contributed by atoms with Gasteiger partial charge in [-0.2, -0.15) is 0 Å². The Morgan fingerprint density at radius 3 is 2.75 bits per heavy atom. The third-order valence-corrected chi connectivity index (χ3v) is 4.57. The van der Waals surface area contributed by atoms with Crippen LogP contribution in [0.25, 0.3) is 21.9 Å². The predicted octanol–water partition coefficient (Wildman–Crippen LogP) is 4.29. The van der Waals surface area contributed by atoms with Gasteiger partial charge in [0.1, 0.15) is 11.3 Å². The van der Waals surface area contributed by atoms with Crippen molar-refractivity contribution in [3.63, 3.8) is 0 Å². The number of aromatic amines is 1. The molecule has 2 aromatic heterocycles. The third kappa shape index (κ3) is 2.51. The Morgan fingerprint density at radius 1 is 1.08 bits per heavy atom. The number of amides is 1. The first-order valence-corrected chi connectivity index (χ1v) is 8.02. The van der Waals surface area contributed by atoms with E-state index in [1.165, 1.54) is 6.07 Å². The number of H-pyrrole nitrogens is 1. The highest BCUT2D eigenvalue weighted by molar-refractivity contribution is 9.10. The van der Waals surface area contributed by atoms with Crippen molar-refractivity contribution in [1.82, 2.24) is 4.98 Å². The second-order valence-electron chi connectivity index (χ2n) is 5.32. The molecule has 0 aliphatic rings. The van der Waals surface area contributed by atoms with E-state index in [0.29, 0.717) is 17.0 Å². The highest BCUT2D eigenvalue weighted by Crippen LogP contribution is 2.28. The number of aromatic nitrogens is 1. The fourth-order valence-electron chi connectivity index (χ4n) is 2.61. The van der Waals surface area contributed by atoms with E-state index >= 15 is 0 Å². The number of halogens is 1. The molecule has 4 aromatic rings. The third-order valence-electron chi connectivity index (χ3n) is 3.75. The Labute approximate surface area is 144 Å². The largest absolute Gasteiger partial charge is 0.423 e. The molecule has 5 nitrogen and oxygen atoms in total. The Morgan fingerprint density at radius 2 is 1.92 bits per heavy atom. The van der Waals surface area contributed by atoms with Crippen LogP contribution in [0.1, 0.15) is 10.5 Å². The van der Waals surface area contributed by atoms with Gasteiger partial charge in [0, 0.05) is 28.0 Å². The fourth-order valence-corrected chi connectivity index (χ4v) is 3.23. The van der Waals surface area contributed by atoms with Gasteiger partial charge in [0.2, 0.25) is 0 Å². The lowest BCUT2D eigenvalue weighted by Gasteiger charge is -2.05. The van der Waals surface area contributed by atoms with Crippen molar-refractivity contribution >= 4 is 49.4 Å². The molecule has 1 amide bonds. The SMILES string of the molecule is O=C(Nc1ccc2oc(=O)ccc2c1)c1[nH]c2ccccc2c1Br. The fraction of sp³-hybridized carbons (Fsp3) is 0. The van der Waals surface area contributed by atoms with Crippen molar-refractivity contribution in [1.29, 1.82) is 0 Å². The average molecular weight is 383 g/mol. The second-order valence-corrected chi connectivity index (χ2v) is 6.11. The van der Waals surface area contributed by atoms with E-state index in [1.807, 2.05) is 24.3 Å². The number of carbonyl (C=O) groups excluding carboxylic acids is 1. The molecule has 4 rings (SSSR count). The number of anilines is 1. The minimum atomic E-state index is -0.402. The van der Waals surface area contributed by atoms with Crippen molar-refractivity contribution in [2.45, 2.75) is 0 Å². The van der Waals surface area contributed by atoms with Crippen LogP contribution in [0.3, 0.4) is 0 Å². The van der Waals surface area contributed by atoms with Crippen LogP contribution in [0.2, 0.25) is 0 Å². The van der Waals surface area contributed by atoms with Gasteiger partial charge in [-0.25, -0.2) is 4.79 Å². The van der Waals surface area contributed by atoms with Crippen molar-refractivity contribution in [3.05, 3.63) is 75.2 Å². The van der Waals surface area contributed by atoms with E-state index in [9.17, 15) is 9.59 Å². The van der Waals surface area contributed by atoms with E-state index in [2.05, 4.69) is 26.2 Å². The van der Waals surface area contributed by atoms with Crippen LogP contribution in [0.5, 0.6) is 0 Å². The van der Waals surface area contributed by atoms with Gasteiger partial charge < -0.3 is 14.7 Å². The van der Waals surface area contributed by atoms with Crippen molar-refractivity contribution in [3.8, 4) is 0 Å². The smallest absolute Gasteiger partial charge is 0.336 e. The number of nitrogens with one attached hydrogen (secondary N) is 2. The molecule has 0 atom stereocenters. The highest BCUT2D eigenvalue weighted by Gasteiger charge is 2.16. The van der Waals surface area contributed by atoms with Crippen molar-refractivity contribution in [2.75, 3.05) is 5.32 Å². The number of benzene rings is 2. The van der Waals surface area contributed by atoms with Crippen LogP contribution in [-0.4, -0.2) is 10.9 Å². The van der Waals surface area contributed by atoms with Gasteiger partial charge in [-0.1, -0.05) is 18.2 Å². The number of hydrogen-bond donors (Lipinski definition) is 2. The summed E-state index contributed by atoms with van der Waals surface area (Å²) in [6.07, 6.45) is 0. The monoisotopic (exact) mass is 382 g/mol. The first-order valence-electron chi connectivity index (χ1n) is 7.23. The number of fused-ring (bicyclic) bond motifs is 2. The maximum Gasteiger partial charge on any atom is 0.336 e. The van der Waals surface area contributed by atoms with Gasteiger partial charge in [0.15, 0.2) is 0 Å². The molecule has 2 heterocycles. The van der Waals surface area contributed by atoms with Crippen molar-refractivity contribution in [2.24, 2.45) is 0 Å². The molecule has 2 aromatic carbocycles. The lowest BCUT2D eigenvalue weighted by atomic mass is 10.2. The number of carbonyl (C=O) groups is 1. The van der Waals surface area contributed by atoms with Gasteiger partial charge in [-0.15, -0.1) is 0 Å². The molecular weight excluding hydrogens is 372 g/mol. The topological polar surface area (TPSA) is 75.1 Å². The van der Waals surface area contributed by atoms with E-state index in [-0.39, 0.29) is 5.91 Å². The lowest BCUT2D eigenvalue weighted by Crippen LogP contribution is -2.12. The summed E-state index contributed by atoms with van der Waals surface area (Å²) >= 11 is 3.47. The zero-order valence-electron chi connectivity index (χ0n) is 12.3. The van der Waals surface area contributed by atoms with Gasteiger partial charge in [0.25, 0.3) is 5.91 Å². The Bertz CT molecular complexity index is 1140. The zero-order valence-corrected chi connectivity index (χ0v) is 13.9. The average Bonchev–Trinajstić information content (AvgIpc) is 2.92. The van der Waals surface area contributed by atoms with Crippen LogP contribution in [0.4, 0.5) is 5.69 Å². The van der Waals surface area contributed by atoms with Crippen LogP contribution < -0.4 is 10.9 Å². The van der Waals surface area contributed by atoms with E-state index in [4.69, 9.17) is 4.42 Å². The Kier molecular flexibility index (Phi) is 3.46. The quantitative estimate of drug-likeness (QED) is 0.507. The maximum absolute atomic E-state index is 12.5.